The van der Waals surface area contributed by atoms with Crippen LogP contribution < -0.4 is 24.8 Å². The number of hydrogen-bond donors (Lipinski definition) is 2. The predicted molar refractivity (Wildman–Crippen MR) is 105 cm³/mol. The molecule has 1 aliphatic rings. The zero-order chi connectivity index (χ0) is 19.1. The van der Waals surface area contributed by atoms with Gasteiger partial charge in [-0.3, -0.25) is 0 Å². The molecule has 1 fully saturated rings. The molecule has 0 unspecified atom stereocenters. The number of rotatable bonds is 7. The van der Waals surface area contributed by atoms with Crippen molar-refractivity contribution in [2.24, 2.45) is 0 Å². The minimum absolute atomic E-state index is 0.239. The van der Waals surface area contributed by atoms with E-state index < -0.39 is 0 Å². The van der Waals surface area contributed by atoms with Crippen LogP contribution in [0, 0.1) is 0 Å². The van der Waals surface area contributed by atoms with Crippen molar-refractivity contribution in [3.05, 3.63) is 48.0 Å². The predicted octanol–water partition coefficient (Wildman–Crippen LogP) is 4.35. The average molecular weight is 370 g/mol. The highest BCUT2D eigenvalue weighted by molar-refractivity contribution is 5.90. The Morgan fingerprint density at radius 2 is 1.74 bits per heavy atom. The molecule has 2 amide bonds. The van der Waals surface area contributed by atoms with Crippen LogP contribution in [0.4, 0.5) is 10.5 Å². The Morgan fingerprint density at radius 1 is 1.00 bits per heavy atom. The highest BCUT2D eigenvalue weighted by atomic mass is 16.5. The maximum Gasteiger partial charge on any atom is 0.319 e. The Hall–Kier alpha value is -2.89. The van der Waals surface area contributed by atoms with Crippen molar-refractivity contribution < 1.29 is 19.0 Å². The lowest BCUT2D eigenvalue weighted by molar-refractivity contribution is 0.211. The van der Waals surface area contributed by atoms with Crippen LogP contribution >= 0.6 is 0 Å². The highest BCUT2D eigenvalue weighted by Gasteiger charge is 2.18. The Balaban J connectivity index is 1.58. The molecule has 0 aliphatic heterocycles. The van der Waals surface area contributed by atoms with Crippen LogP contribution in [-0.2, 0) is 6.54 Å². The molecular weight excluding hydrogens is 344 g/mol. The van der Waals surface area contributed by atoms with E-state index in [1.54, 1.807) is 14.2 Å². The summed E-state index contributed by atoms with van der Waals surface area (Å²) in [5.41, 5.74) is 1.59. The van der Waals surface area contributed by atoms with E-state index in [0.717, 1.165) is 18.4 Å². The van der Waals surface area contributed by atoms with Crippen LogP contribution in [0.1, 0.15) is 31.2 Å². The molecule has 2 aromatic carbocycles. The Labute approximate surface area is 159 Å². The molecule has 3 rings (SSSR count). The van der Waals surface area contributed by atoms with Gasteiger partial charge in [0.1, 0.15) is 5.75 Å². The fourth-order valence-electron chi connectivity index (χ4n) is 3.20. The number of urea groups is 1. The molecule has 6 nitrogen and oxygen atoms in total. The topological polar surface area (TPSA) is 68.8 Å². The largest absolute Gasteiger partial charge is 0.493 e. The summed E-state index contributed by atoms with van der Waals surface area (Å²) in [6.07, 6.45) is 4.78. The lowest BCUT2D eigenvalue weighted by atomic mass is 10.2. The summed E-state index contributed by atoms with van der Waals surface area (Å²) in [6, 6.07) is 12.8. The van der Waals surface area contributed by atoms with Crippen molar-refractivity contribution in [3.63, 3.8) is 0 Å². The standard InChI is InChI=1S/C21H26N2O4/c1-25-19-12-11-15(13-20(19)26-2)14-22-21(24)23-17-9-5-6-10-18(17)27-16-7-3-4-8-16/h5-6,9-13,16H,3-4,7-8,14H2,1-2H3,(H2,22,23,24). The third-order valence-corrected chi connectivity index (χ3v) is 4.63. The first-order valence-corrected chi connectivity index (χ1v) is 9.21. The summed E-state index contributed by atoms with van der Waals surface area (Å²) in [5, 5.41) is 5.73. The molecule has 144 valence electrons. The molecule has 0 saturated heterocycles. The molecule has 0 heterocycles. The number of benzene rings is 2. The molecule has 0 spiro atoms. The number of para-hydroxylation sites is 2. The minimum Gasteiger partial charge on any atom is -0.493 e. The number of carbonyl (C=O) groups is 1. The van der Waals surface area contributed by atoms with E-state index in [9.17, 15) is 4.79 Å². The maximum absolute atomic E-state index is 12.3. The molecule has 1 saturated carbocycles. The zero-order valence-corrected chi connectivity index (χ0v) is 15.8. The van der Waals surface area contributed by atoms with Gasteiger partial charge in [-0.15, -0.1) is 0 Å². The Morgan fingerprint density at radius 3 is 2.48 bits per heavy atom. The number of hydrogen-bond acceptors (Lipinski definition) is 4. The molecule has 2 aromatic rings. The van der Waals surface area contributed by atoms with Crippen molar-refractivity contribution in [2.45, 2.75) is 38.3 Å². The van der Waals surface area contributed by atoms with Crippen LogP contribution in [0.2, 0.25) is 0 Å². The first-order chi connectivity index (χ1) is 13.2. The highest BCUT2D eigenvalue weighted by Crippen LogP contribution is 2.30. The van der Waals surface area contributed by atoms with Crippen molar-refractivity contribution in [2.75, 3.05) is 19.5 Å². The zero-order valence-electron chi connectivity index (χ0n) is 15.8. The van der Waals surface area contributed by atoms with E-state index in [2.05, 4.69) is 10.6 Å². The summed E-state index contributed by atoms with van der Waals surface area (Å²) in [7, 11) is 3.18. The van der Waals surface area contributed by atoms with Crippen LogP contribution in [0.15, 0.2) is 42.5 Å². The second-order valence-corrected chi connectivity index (χ2v) is 6.52. The third-order valence-electron chi connectivity index (χ3n) is 4.63. The van der Waals surface area contributed by atoms with Gasteiger partial charge in [0, 0.05) is 6.54 Å². The number of anilines is 1. The van der Waals surface area contributed by atoms with E-state index in [1.165, 1.54) is 12.8 Å². The van der Waals surface area contributed by atoms with E-state index >= 15 is 0 Å². The van der Waals surface area contributed by atoms with Crippen LogP contribution in [0.25, 0.3) is 0 Å². The number of amides is 2. The number of nitrogens with one attached hydrogen (secondary N) is 2. The normalized spacial score (nSPS) is 13.9. The van der Waals surface area contributed by atoms with E-state index in [4.69, 9.17) is 14.2 Å². The van der Waals surface area contributed by atoms with Crippen molar-refractivity contribution >= 4 is 11.7 Å². The van der Waals surface area contributed by atoms with Crippen molar-refractivity contribution in [1.82, 2.24) is 5.32 Å². The summed E-state index contributed by atoms with van der Waals surface area (Å²) in [6.45, 7) is 0.373. The summed E-state index contributed by atoms with van der Waals surface area (Å²) >= 11 is 0. The molecule has 1 aliphatic carbocycles. The van der Waals surface area contributed by atoms with Gasteiger partial charge in [-0.05, 0) is 55.5 Å². The molecule has 0 bridgehead atoms. The number of carbonyl (C=O) groups excluding carboxylic acids is 1. The monoisotopic (exact) mass is 370 g/mol. The van der Waals surface area contributed by atoms with Gasteiger partial charge < -0.3 is 24.8 Å². The van der Waals surface area contributed by atoms with Gasteiger partial charge >= 0.3 is 6.03 Å². The molecule has 0 atom stereocenters. The SMILES string of the molecule is COc1ccc(CNC(=O)Nc2ccccc2OC2CCCC2)cc1OC. The van der Waals surface area contributed by atoms with Gasteiger partial charge in [0.25, 0.3) is 0 Å². The van der Waals surface area contributed by atoms with Crippen molar-refractivity contribution in [1.29, 1.82) is 0 Å². The number of ether oxygens (including phenoxy) is 3. The minimum atomic E-state index is -0.285. The first kappa shape index (κ1) is 18.9. The second kappa shape index (κ2) is 9.16. The van der Waals surface area contributed by atoms with Gasteiger partial charge in [-0.25, -0.2) is 4.79 Å². The maximum atomic E-state index is 12.3. The van der Waals surface area contributed by atoms with Gasteiger partial charge in [0.15, 0.2) is 11.5 Å². The van der Waals surface area contributed by atoms with Gasteiger partial charge in [-0.1, -0.05) is 18.2 Å². The van der Waals surface area contributed by atoms with E-state index in [1.807, 2.05) is 42.5 Å². The van der Waals surface area contributed by atoms with E-state index in [-0.39, 0.29) is 12.1 Å². The molecule has 0 aromatic heterocycles. The van der Waals surface area contributed by atoms with Gasteiger partial charge in [0.05, 0.1) is 26.0 Å². The first-order valence-electron chi connectivity index (χ1n) is 9.21. The Bertz CT molecular complexity index is 773. The smallest absolute Gasteiger partial charge is 0.319 e. The second-order valence-electron chi connectivity index (χ2n) is 6.52. The summed E-state index contributed by atoms with van der Waals surface area (Å²) in [4.78, 5) is 12.3. The molecule has 2 N–H and O–H groups in total. The van der Waals surface area contributed by atoms with E-state index in [0.29, 0.717) is 29.5 Å². The summed E-state index contributed by atoms with van der Waals surface area (Å²) in [5.74, 6) is 2.00. The average Bonchev–Trinajstić information content (AvgIpc) is 3.20. The summed E-state index contributed by atoms with van der Waals surface area (Å²) < 4.78 is 16.6. The quantitative estimate of drug-likeness (QED) is 0.760. The third kappa shape index (κ3) is 5.06. The number of methoxy groups -OCH3 is 2. The molecule has 6 heteroatoms. The molecule has 27 heavy (non-hydrogen) atoms. The van der Waals surface area contributed by atoms with Crippen LogP contribution in [0.3, 0.4) is 0 Å². The lowest BCUT2D eigenvalue weighted by Crippen LogP contribution is -2.28. The van der Waals surface area contributed by atoms with Crippen molar-refractivity contribution in [3.8, 4) is 17.2 Å². The van der Waals surface area contributed by atoms with Gasteiger partial charge in [-0.2, -0.15) is 0 Å². The molecular formula is C21H26N2O4. The van der Waals surface area contributed by atoms with Crippen LogP contribution in [-0.4, -0.2) is 26.4 Å². The van der Waals surface area contributed by atoms with Gasteiger partial charge in [0.2, 0.25) is 0 Å². The van der Waals surface area contributed by atoms with Crippen LogP contribution in [0.5, 0.6) is 17.2 Å². The molecule has 0 radical (unpaired) electrons. The lowest BCUT2D eigenvalue weighted by Gasteiger charge is -2.17. The Kier molecular flexibility index (Phi) is 6.41. The fourth-order valence-corrected chi connectivity index (χ4v) is 3.20. The fraction of sp³-hybridized carbons (Fsp3) is 0.381.